The summed E-state index contributed by atoms with van der Waals surface area (Å²) in [6.45, 7) is 0.704. The molecule has 0 aromatic rings. The normalized spacial score (nSPS) is 12.9. The number of nitrogens with zero attached hydrogens (tertiary/aromatic N) is 1. The number of ether oxygens (including phenoxy) is 1. The van der Waals surface area contributed by atoms with Crippen LogP contribution in [0.4, 0.5) is 13.2 Å². The maximum absolute atomic E-state index is 11.6. The van der Waals surface area contributed by atoms with Crippen molar-refractivity contribution in [2.75, 3.05) is 13.2 Å². The van der Waals surface area contributed by atoms with E-state index in [9.17, 15) is 18.3 Å². The highest BCUT2D eigenvalue weighted by atomic mass is 19.4. The SMILES string of the molecule is CCCCCCN=C([O-])OCC(F)(F)F. The lowest BCUT2D eigenvalue weighted by atomic mass is 10.2. The van der Waals surface area contributed by atoms with Crippen molar-refractivity contribution in [3.63, 3.8) is 0 Å². The van der Waals surface area contributed by atoms with E-state index in [1.807, 2.05) is 6.92 Å². The number of unbranched alkanes of at least 4 members (excludes halogenated alkanes) is 3. The Morgan fingerprint density at radius 1 is 1.27 bits per heavy atom. The molecule has 0 radical (unpaired) electrons. The molecule has 6 heteroatoms. The molecule has 0 N–H and O–H groups in total. The number of hydrogen-bond acceptors (Lipinski definition) is 3. The molecule has 0 fully saturated rings. The molecule has 3 nitrogen and oxygen atoms in total. The third-order valence-electron chi connectivity index (χ3n) is 1.61. The number of alkyl halides is 3. The lowest BCUT2D eigenvalue weighted by molar-refractivity contribution is -0.264. The Morgan fingerprint density at radius 3 is 2.47 bits per heavy atom. The highest BCUT2D eigenvalue weighted by Gasteiger charge is 2.24. The van der Waals surface area contributed by atoms with Crippen LogP contribution in [0.5, 0.6) is 0 Å². The molecular weight excluding hydrogens is 211 g/mol. The van der Waals surface area contributed by atoms with Crippen molar-refractivity contribution in [3.05, 3.63) is 0 Å². The van der Waals surface area contributed by atoms with Crippen LogP contribution in [0.25, 0.3) is 0 Å². The van der Waals surface area contributed by atoms with Gasteiger partial charge in [-0.15, -0.1) is 0 Å². The standard InChI is InChI=1S/C9H16F3NO2/c1-2-3-4-5-6-13-8(14)15-7-9(10,11)12/h2-7H2,1H3,(H,13,14)/p-1. The van der Waals surface area contributed by atoms with E-state index >= 15 is 0 Å². The topological polar surface area (TPSA) is 44.7 Å². The summed E-state index contributed by atoms with van der Waals surface area (Å²) >= 11 is 0. The molecular formula is C9H15F3NO2-. The van der Waals surface area contributed by atoms with Gasteiger partial charge in [-0.3, -0.25) is 4.99 Å². The van der Waals surface area contributed by atoms with Crippen LogP contribution < -0.4 is 5.11 Å². The summed E-state index contributed by atoms with van der Waals surface area (Å²) < 4.78 is 38.6. The highest BCUT2D eigenvalue weighted by molar-refractivity contribution is 5.61. The molecule has 0 saturated heterocycles. The van der Waals surface area contributed by atoms with E-state index < -0.39 is 18.9 Å². The first-order valence-electron chi connectivity index (χ1n) is 4.86. The van der Waals surface area contributed by atoms with Crippen molar-refractivity contribution >= 4 is 6.08 Å². The smallest absolute Gasteiger partial charge is 0.398 e. The first kappa shape index (κ1) is 14.1. The fourth-order valence-electron chi connectivity index (χ4n) is 0.898. The molecule has 15 heavy (non-hydrogen) atoms. The average Bonchev–Trinajstić information content (AvgIpc) is 2.13. The van der Waals surface area contributed by atoms with Crippen LogP contribution in [0, 0.1) is 0 Å². The van der Waals surface area contributed by atoms with Crippen molar-refractivity contribution in [2.45, 2.75) is 38.8 Å². The molecule has 0 amide bonds. The lowest BCUT2D eigenvalue weighted by Gasteiger charge is -2.15. The maximum atomic E-state index is 11.6. The highest BCUT2D eigenvalue weighted by Crippen LogP contribution is 2.14. The van der Waals surface area contributed by atoms with E-state index in [-0.39, 0.29) is 6.54 Å². The summed E-state index contributed by atoms with van der Waals surface area (Å²) in [7, 11) is 0. The molecule has 0 bridgehead atoms. The minimum atomic E-state index is -4.48. The molecule has 0 unspecified atom stereocenters. The van der Waals surface area contributed by atoms with E-state index in [2.05, 4.69) is 9.73 Å². The quantitative estimate of drug-likeness (QED) is 0.394. The van der Waals surface area contributed by atoms with Gasteiger partial charge in [0.05, 0.1) is 6.61 Å². The molecule has 0 aromatic heterocycles. The second-order valence-corrected chi connectivity index (χ2v) is 3.11. The Bertz CT molecular complexity index is 192. The fraction of sp³-hybridized carbons (Fsp3) is 0.889. The van der Waals surface area contributed by atoms with Crippen LogP contribution in [0.3, 0.4) is 0 Å². The molecule has 0 aliphatic carbocycles. The zero-order valence-electron chi connectivity index (χ0n) is 8.64. The zero-order chi connectivity index (χ0) is 11.7. The first-order chi connectivity index (χ1) is 6.95. The van der Waals surface area contributed by atoms with E-state index in [0.717, 1.165) is 19.3 Å². The lowest BCUT2D eigenvalue weighted by Crippen LogP contribution is -2.28. The molecule has 90 valence electrons. The second-order valence-electron chi connectivity index (χ2n) is 3.11. The van der Waals surface area contributed by atoms with E-state index in [1.165, 1.54) is 0 Å². The van der Waals surface area contributed by atoms with Crippen LogP contribution in [0.2, 0.25) is 0 Å². The maximum Gasteiger partial charge on any atom is 0.398 e. The van der Waals surface area contributed by atoms with E-state index in [4.69, 9.17) is 0 Å². The van der Waals surface area contributed by atoms with Gasteiger partial charge >= 0.3 is 6.18 Å². The molecule has 0 heterocycles. The summed E-state index contributed by atoms with van der Waals surface area (Å²) in [6.07, 6.45) is -1.90. The Hall–Kier alpha value is -0.940. The van der Waals surface area contributed by atoms with Crippen molar-refractivity contribution in [1.29, 1.82) is 0 Å². The summed E-state index contributed by atoms with van der Waals surface area (Å²) in [5, 5.41) is 10.6. The molecule has 0 aromatic carbocycles. The van der Waals surface area contributed by atoms with Crippen LogP contribution in [0.15, 0.2) is 4.99 Å². The van der Waals surface area contributed by atoms with Crippen LogP contribution in [-0.4, -0.2) is 25.4 Å². The van der Waals surface area contributed by atoms with Crippen LogP contribution in [-0.2, 0) is 4.74 Å². The zero-order valence-corrected chi connectivity index (χ0v) is 8.64. The van der Waals surface area contributed by atoms with Gasteiger partial charge in [-0.2, -0.15) is 13.2 Å². The van der Waals surface area contributed by atoms with E-state index in [1.54, 1.807) is 0 Å². The Labute approximate surface area is 87.0 Å². The molecule has 0 atom stereocenters. The van der Waals surface area contributed by atoms with Crippen molar-refractivity contribution < 1.29 is 23.0 Å². The fourth-order valence-corrected chi connectivity index (χ4v) is 0.898. The van der Waals surface area contributed by atoms with Gasteiger partial charge in [-0.25, -0.2) is 0 Å². The van der Waals surface area contributed by atoms with Gasteiger partial charge in [-0.1, -0.05) is 26.2 Å². The molecule has 0 spiro atoms. The number of halogens is 3. The third-order valence-corrected chi connectivity index (χ3v) is 1.61. The third kappa shape index (κ3) is 11.0. The van der Waals surface area contributed by atoms with Gasteiger partial charge in [0.1, 0.15) is 6.08 Å². The summed E-state index contributed by atoms with van der Waals surface area (Å²) in [6, 6.07) is 0. The van der Waals surface area contributed by atoms with E-state index in [0.29, 0.717) is 6.42 Å². The summed E-state index contributed by atoms with van der Waals surface area (Å²) in [5.41, 5.74) is 0. The van der Waals surface area contributed by atoms with Gasteiger partial charge in [0, 0.05) is 6.54 Å². The first-order valence-corrected chi connectivity index (χ1v) is 4.86. The van der Waals surface area contributed by atoms with Gasteiger partial charge in [0.2, 0.25) is 0 Å². The van der Waals surface area contributed by atoms with Crippen LogP contribution in [0.1, 0.15) is 32.6 Å². The minimum absolute atomic E-state index is 0.233. The van der Waals surface area contributed by atoms with Crippen LogP contribution >= 0.6 is 0 Å². The molecule has 0 aliphatic heterocycles. The predicted molar refractivity (Wildman–Crippen MR) is 48.5 cm³/mol. The number of aliphatic imine (C=N–C) groups is 1. The van der Waals surface area contributed by atoms with Crippen molar-refractivity contribution in [3.8, 4) is 0 Å². The summed E-state index contributed by atoms with van der Waals surface area (Å²) in [5.74, 6) is 0. The van der Waals surface area contributed by atoms with Crippen molar-refractivity contribution in [1.82, 2.24) is 0 Å². The molecule has 0 rings (SSSR count). The molecule has 0 aliphatic rings. The van der Waals surface area contributed by atoms with Gasteiger partial charge in [-0.05, 0) is 6.42 Å². The number of rotatable bonds is 6. The minimum Gasteiger partial charge on any atom is -0.591 e. The van der Waals surface area contributed by atoms with Gasteiger partial charge < -0.3 is 9.84 Å². The Morgan fingerprint density at radius 2 is 1.93 bits per heavy atom. The van der Waals surface area contributed by atoms with Gasteiger partial charge in [0.15, 0.2) is 0 Å². The van der Waals surface area contributed by atoms with Crippen molar-refractivity contribution in [2.24, 2.45) is 4.99 Å². The largest absolute Gasteiger partial charge is 0.591 e. The summed E-state index contributed by atoms with van der Waals surface area (Å²) in [4.78, 5) is 3.34. The van der Waals surface area contributed by atoms with Gasteiger partial charge in [0.25, 0.3) is 0 Å². The average molecular weight is 226 g/mol. The Balaban J connectivity index is 3.52. The number of hydrogen-bond donors (Lipinski definition) is 0. The molecule has 0 saturated carbocycles. The Kier molecular flexibility index (Phi) is 6.90. The monoisotopic (exact) mass is 226 g/mol. The predicted octanol–water partition coefficient (Wildman–Crippen LogP) is 1.86. The second kappa shape index (κ2) is 7.36.